The summed E-state index contributed by atoms with van der Waals surface area (Å²) in [6, 6.07) is 6.77. The van der Waals surface area contributed by atoms with E-state index in [0.29, 0.717) is 18.8 Å². The van der Waals surface area contributed by atoms with Gasteiger partial charge in [-0.2, -0.15) is 0 Å². The lowest BCUT2D eigenvalue weighted by Gasteiger charge is -2.18. The molecule has 0 fully saturated rings. The third kappa shape index (κ3) is 2.56. The number of nitrogens with zero attached hydrogens (tertiary/aromatic N) is 1. The molecule has 1 aromatic carbocycles. The molecule has 0 saturated heterocycles. The molecule has 1 aliphatic rings. The van der Waals surface area contributed by atoms with Crippen LogP contribution in [0.1, 0.15) is 12.0 Å². The first-order chi connectivity index (χ1) is 8.55. The van der Waals surface area contributed by atoms with E-state index in [2.05, 4.69) is 6.58 Å². The molecule has 4 nitrogen and oxygen atoms in total. The Bertz CT molecular complexity index is 573. The average molecular weight is 265 g/mol. The molecule has 0 N–H and O–H groups in total. The van der Waals surface area contributed by atoms with Crippen LogP contribution in [0.4, 0.5) is 0 Å². The number of sulfonamides is 1. The molecule has 0 bridgehead atoms. The van der Waals surface area contributed by atoms with Gasteiger partial charge in [0.1, 0.15) is 0 Å². The molecule has 0 spiro atoms. The van der Waals surface area contributed by atoms with Gasteiger partial charge < -0.3 is 4.74 Å². The van der Waals surface area contributed by atoms with Crippen molar-refractivity contribution in [2.45, 2.75) is 18.2 Å². The molecule has 1 aliphatic heterocycles. The molecule has 0 aromatic heterocycles. The average Bonchev–Trinajstić information content (AvgIpc) is 3.14. The molecular weight excluding hydrogens is 250 g/mol. The van der Waals surface area contributed by atoms with Crippen molar-refractivity contribution in [2.75, 3.05) is 6.54 Å². The van der Waals surface area contributed by atoms with Crippen LogP contribution in [0.3, 0.4) is 0 Å². The number of aryl methyl sites for hydroxylation is 1. The lowest BCUT2D eigenvalue weighted by Crippen LogP contribution is -2.28. The molecule has 0 unspecified atom stereocenters. The van der Waals surface area contributed by atoms with E-state index >= 15 is 0 Å². The van der Waals surface area contributed by atoms with Crippen molar-refractivity contribution in [3.8, 4) is 0 Å². The van der Waals surface area contributed by atoms with Gasteiger partial charge in [-0.3, -0.25) is 0 Å². The van der Waals surface area contributed by atoms with Crippen LogP contribution in [0.2, 0.25) is 0 Å². The fraction of sp³-hybridized carbons (Fsp3) is 0.231. The van der Waals surface area contributed by atoms with Crippen molar-refractivity contribution >= 4 is 10.0 Å². The van der Waals surface area contributed by atoms with Crippen LogP contribution in [-0.4, -0.2) is 19.3 Å². The second kappa shape index (κ2) is 4.86. The van der Waals surface area contributed by atoms with Gasteiger partial charge in [0.05, 0.1) is 4.90 Å². The Kier molecular flexibility index (Phi) is 3.43. The monoisotopic (exact) mass is 265 g/mol. The zero-order valence-electron chi connectivity index (χ0n) is 10.2. The summed E-state index contributed by atoms with van der Waals surface area (Å²) in [4.78, 5) is 0.272. The Balaban J connectivity index is 2.30. The summed E-state index contributed by atoms with van der Waals surface area (Å²) in [6.45, 7) is 5.85. The van der Waals surface area contributed by atoms with Crippen molar-refractivity contribution in [1.29, 1.82) is 0 Å². The molecule has 1 heterocycles. The van der Waals surface area contributed by atoms with E-state index in [4.69, 9.17) is 4.74 Å². The van der Waals surface area contributed by atoms with Gasteiger partial charge in [-0.15, -0.1) is 6.58 Å². The highest BCUT2D eigenvalue weighted by molar-refractivity contribution is 7.89. The highest BCUT2D eigenvalue weighted by atomic mass is 32.2. The van der Waals surface area contributed by atoms with E-state index in [1.165, 1.54) is 10.6 Å². The summed E-state index contributed by atoms with van der Waals surface area (Å²) in [5, 5.41) is 0. The zero-order chi connectivity index (χ0) is 13.2. The molecule has 0 saturated carbocycles. The van der Waals surface area contributed by atoms with Crippen LogP contribution >= 0.6 is 0 Å². The first kappa shape index (κ1) is 12.7. The second-order valence-electron chi connectivity index (χ2n) is 4.04. The lowest BCUT2D eigenvalue weighted by molar-refractivity contribution is 0.369. The summed E-state index contributed by atoms with van der Waals surface area (Å²) in [6.07, 6.45) is 3.68. The largest absolute Gasteiger partial charge is 0.439 e. The van der Waals surface area contributed by atoms with Gasteiger partial charge in [0.15, 0.2) is 6.26 Å². The minimum atomic E-state index is -3.53. The first-order valence-corrected chi connectivity index (χ1v) is 7.07. The third-order valence-corrected chi connectivity index (χ3v) is 4.43. The Morgan fingerprint density at radius 1 is 1.33 bits per heavy atom. The maximum atomic E-state index is 12.4. The Morgan fingerprint density at radius 2 is 1.94 bits per heavy atom. The zero-order valence-corrected chi connectivity index (χ0v) is 11.0. The maximum absolute atomic E-state index is 12.4. The summed E-state index contributed by atoms with van der Waals surface area (Å²) < 4.78 is 31.0. The van der Waals surface area contributed by atoms with E-state index in [1.807, 2.05) is 6.92 Å². The fourth-order valence-corrected chi connectivity index (χ4v) is 2.94. The normalized spacial score (nSPS) is 13.5. The van der Waals surface area contributed by atoms with E-state index in [0.717, 1.165) is 5.56 Å². The topological polar surface area (TPSA) is 49.9 Å². The van der Waals surface area contributed by atoms with Gasteiger partial charge in [-0.1, -0.05) is 23.8 Å². The Labute approximate surface area is 107 Å². The van der Waals surface area contributed by atoms with Crippen LogP contribution < -0.4 is 0 Å². The molecule has 1 aromatic rings. The minimum absolute atomic E-state index is 0.272. The fourth-order valence-electron chi connectivity index (χ4n) is 1.54. The van der Waals surface area contributed by atoms with Gasteiger partial charge in [0, 0.05) is 6.54 Å². The van der Waals surface area contributed by atoms with Crippen molar-refractivity contribution in [1.82, 2.24) is 4.31 Å². The van der Waals surface area contributed by atoms with E-state index in [9.17, 15) is 8.42 Å². The molecule has 5 heteroatoms. The van der Waals surface area contributed by atoms with Gasteiger partial charge >= 0.3 is 0 Å². The number of hydrogen-bond acceptors (Lipinski definition) is 3. The van der Waals surface area contributed by atoms with Crippen molar-refractivity contribution in [2.24, 2.45) is 0 Å². The molecule has 18 heavy (non-hydrogen) atoms. The first-order valence-electron chi connectivity index (χ1n) is 5.63. The lowest BCUT2D eigenvalue weighted by atomic mass is 10.2. The highest BCUT2D eigenvalue weighted by Gasteiger charge is 2.31. The van der Waals surface area contributed by atoms with Gasteiger partial charge in [0.25, 0.3) is 10.0 Å². The van der Waals surface area contributed by atoms with Crippen LogP contribution in [0.15, 0.2) is 54.0 Å². The van der Waals surface area contributed by atoms with Crippen LogP contribution in [0, 0.1) is 6.92 Å². The number of rotatable bonds is 6. The number of ether oxygens (including phenoxy) is 1. The van der Waals surface area contributed by atoms with Crippen molar-refractivity contribution in [3.63, 3.8) is 0 Å². The molecule has 2 rings (SSSR count). The minimum Gasteiger partial charge on any atom is -0.439 e. The second-order valence-corrected chi connectivity index (χ2v) is 5.90. The van der Waals surface area contributed by atoms with E-state index < -0.39 is 10.0 Å². The van der Waals surface area contributed by atoms with Crippen LogP contribution in [0.25, 0.3) is 0 Å². The highest BCUT2D eigenvalue weighted by Crippen LogP contribution is 2.27. The molecule has 0 aliphatic carbocycles. The van der Waals surface area contributed by atoms with Crippen molar-refractivity contribution in [3.05, 3.63) is 54.6 Å². The number of hydrogen-bond donors (Lipinski definition) is 0. The maximum Gasteiger partial charge on any atom is 0.266 e. The quantitative estimate of drug-likeness (QED) is 0.742. The van der Waals surface area contributed by atoms with E-state index in [-0.39, 0.29) is 4.90 Å². The standard InChI is InChI=1S/C13H15NO3S/c1-3-4-9-14(13-10-17-13)18(15,16)12-7-5-11(2)6-8-12/h3,5-8,10H,1,4,9H2,2H3. The predicted octanol–water partition coefficient (Wildman–Crippen LogP) is 2.39. The number of benzene rings is 1. The summed E-state index contributed by atoms with van der Waals surface area (Å²) in [7, 11) is -3.53. The molecule has 0 atom stereocenters. The van der Waals surface area contributed by atoms with Gasteiger partial charge in [-0.25, -0.2) is 12.7 Å². The molecule has 0 amide bonds. The SMILES string of the molecule is C=CCCN(C1=CO1)S(=O)(=O)c1ccc(C)cc1. The van der Waals surface area contributed by atoms with Crippen molar-refractivity contribution < 1.29 is 13.2 Å². The van der Waals surface area contributed by atoms with Crippen LogP contribution in [-0.2, 0) is 14.8 Å². The van der Waals surface area contributed by atoms with E-state index in [1.54, 1.807) is 30.3 Å². The molecular formula is C13H15NO3S. The molecule has 96 valence electrons. The van der Waals surface area contributed by atoms with Crippen LogP contribution in [0.5, 0.6) is 0 Å². The third-order valence-electron chi connectivity index (χ3n) is 2.61. The predicted molar refractivity (Wildman–Crippen MR) is 69.1 cm³/mol. The smallest absolute Gasteiger partial charge is 0.266 e. The molecule has 0 radical (unpaired) electrons. The van der Waals surface area contributed by atoms with Gasteiger partial charge in [0.2, 0.25) is 5.88 Å². The Morgan fingerprint density at radius 3 is 2.44 bits per heavy atom. The Hall–Kier alpha value is -1.75. The summed E-state index contributed by atoms with van der Waals surface area (Å²) in [5.74, 6) is 0.387. The summed E-state index contributed by atoms with van der Waals surface area (Å²) >= 11 is 0. The summed E-state index contributed by atoms with van der Waals surface area (Å²) in [5.41, 5.74) is 1.02. The van der Waals surface area contributed by atoms with Gasteiger partial charge in [-0.05, 0) is 25.5 Å².